The third-order valence-electron chi connectivity index (χ3n) is 4.43. The Morgan fingerprint density at radius 3 is 2.89 bits per heavy atom. The molecule has 1 amide bonds. The number of H-pyrrole nitrogens is 1. The highest BCUT2D eigenvalue weighted by molar-refractivity contribution is 7.10. The molecular weight excluding hydrogens is 356 g/mol. The van der Waals surface area contributed by atoms with E-state index >= 15 is 0 Å². The average molecular weight is 372 g/mol. The zero-order valence-electron chi connectivity index (χ0n) is 14.3. The average Bonchev–Trinajstić information content (AvgIpc) is 3.36. The first-order valence-electron chi connectivity index (χ1n) is 8.49. The molecule has 1 atom stereocenters. The van der Waals surface area contributed by atoms with Crippen molar-refractivity contribution in [2.45, 2.75) is 12.5 Å². The summed E-state index contributed by atoms with van der Waals surface area (Å²) in [6, 6.07) is 16.5. The molecule has 132 valence electrons. The Labute approximate surface area is 160 Å². The van der Waals surface area contributed by atoms with Crippen molar-refractivity contribution in [3.63, 3.8) is 0 Å². The van der Waals surface area contributed by atoms with E-state index in [1.54, 1.807) is 17.5 Å². The smallest absolute Gasteiger partial charge is 0.253 e. The second-order valence-electron chi connectivity index (χ2n) is 6.09. The summed E-state index contributed by atoms with van der Waals surface area (Å²) in [5, 5.41) is 15.2. The zero-order valence-corrected chi connectivity index (χ0v) is 15.2. The van der Waals surface area contributed by atoms with Gasteiger partial charge in [0.05, 0.1) is 11.6 Å². The number of amides is 1. The van der Waals surface area contributed by atoms with Crippen molar-refractivity contribution in [3.8, 4) is 6.07 Å². The zero-order chi connectivity index (χ0) is 18.6. The molecule has 5 nitrogen and oxygen atoms in total. The van der Waals surface area contributed by atoms with Crippen LogP contribution in [0.5, 0.6) is 0 Å². The fraction of sp³-hybridized carbons (Fsp3) is 0.0952. The number of nitrogens with one attached hydrogen (secondary N) is 2. The van der Waals surface area contributed by atoms with Crippen molar-refractivity contribution in [1.82, 2.24) is 15.3 Å². The van der Waals surface area contributed by atoms with E-state index in [-0.39, 0.29) is 5.91 Å². The highest BCUT2D eigenvalue weighted by Gasteiger charge is 2.19. The van der Waals surface area contributed by atoms with Crippen LogP contribution in [0.4, 0.5) is 0 Å². The van der Waals surface area contributed by atoms with Gasteiger partial charge in [0.15, 0.2) is 0 Å². The quantitative estimate of drug-likeness (QED) is 0.550. The number of nitrogens with zero attached hydrogens (tertiary/aromatic N) is 2. The van der Waals surface area contributed by atoms with E-state index in [9.17, 15) is 10.1 Å². The Bertz CT molecular complexity index is 1120. The molecule has 27 heavy (non-hydrogen) atoms. The second-order valence-corrected chi connectivity index (χ2v) is 7.09. The number of fused-ring (bicyclic) bond motifs is 1. The molecule has 0 radical (unpaired) electrons. The van der Waals surface area contributed by atoms with Crippen LogP contribution in [0.25, 0.3) is 11.0 Å². The molecule has 4 aromatic rings. The summed E-state index contributed by atoms with van der Waals surface area (Å²) >= 11 is 1.54. The van der Waals surface area contributed by atoms with Gasteiger partial charge in [-0.05, 0) is 34.7 Å². The van der Waals surface area contributed by atoms with E-state index in [1.807, 2.05) is 60.1 Å². The highest BCUT2D eigenvalue weighted by Crippen LogP contribution is 2.25. The number of hydrogen-bond acceptors (Lipinski definition) is 4. The molecule has 0 spiro atoms. The Kier molecular flexibility index (Phi) is 4.69. The van der Waals surface area contributed by atoms with Crippen LogP contribution in [-0.2, 0) is 6.42 Å². The molecule has 0 aliphatic carbocycles. The topological polar surface area (TPSA) is 81.6 Å². The first kappa shape index (κ1) is 17.0. The Hall–Kier alpha value is -3.43. The van der Waals surface area contributed by atoms with Gasteiger partial charge in [0.25, 0.3) is 5.91 Å². The maximum Gasteiger partial charge on any atom is 0.253 e. The molecule has 4 rings (SSSR count). The van der Waals surface area contributed by atoms with E-state index in [2.05, 4.69) is 21.4 Å². The number of carbonyl (C=O) groups is 1. The maximum absolute atomic E-state index is 12.8. The van der Waals surface area contributed by atoms with Crippen molar-refractivity contribution in [2.75, 3.05) is 0 Å². The van der Waals surface area contributed by atoms with E-state index in [4.69, 9.17) is 0 Å². The molecule has 0 aliphatic heterocycles. The lowest BCUT2D eigenvalue weighted by Crippen LogP contribution is -2.28. The predicted molar refractivity (Wildman–Crippen MR) is 105 cm³/mol. The van der Waals surface area contributed by atoms with E-state index in [0.29, 0.717) is 12.0 Å². The molecule has 3 aromatic heterocycles. The molecule has 6 heteroatoms. The molecule has 2 N–H and O–H groups in total. The fourth-order valence-corrected chi connectivity index (χ4v) is 3.96. The van der Waals surface area contributed by atoms with Gasteiger partial charge in [0.2, 0.25) is 0 Å². The number of nitriles is 1. The van der Waals surface area contributed by atoms with Crippen LogP contribution < -0.4 is 5.32 Å². The highest BCUT2D eigenvalue weighted by atomic mass is 32.1. The van der Waals surface area contributed by atoms with Crippen LogP contribution >= 0.6 is 11.3 Å². The molecule has 0 fully saturated rings. The van der Waals surface area contributed by atoms with Crippen LogP contribution in [0.2, 0.25) is 0 Å². The second kappa shape index (κ2) is 7.44. The summed E-state index contributed by atoms with van der Waals surface area (Å²) in [4.78, 5) is 21.2. The van der Waals surface area contributed by atoms with Gasteiger partial charge in [-0.15, -0.1) is 11.3 Å². The third kappa shape index (κ3) is 3.46. The molecule has 3 heterocycles. The minimum absolute atomic E-state index is 0.235. The molecule has 0 saturated carbocycles. The lowest BCUT2D eigenvalue weighted by molar-refractivity contribution is 0.0945. The van der Waals surface area contributed by atoms with E-state index < -0.39 is 6.04 Å². The third-order valence-corrected chi connectivity index (χ3v) is 5.35. The molecule has 1 aromatic carbocycles. The minimum atomic E-state index is -0.677. The summed E-state index contributed by atoms with van der Waals surface area (Å²) in [5.41, 5.74) is 3.33. The number of aromatic amines is 1. The van der Waals surface area contributed by atoms with Gasteiger partial charge in [-0.3, -0.25) is 4.79 Å². The molecule has 0 aliphatic rings. The summed E-state index contributed by atoms with van der Waals surface area (Å²) < 4.78 is 0. The first-order chi connectivity index (χ1) is 13.3. The van der Waals surface area contributed by atoms with Crippen LogP contribution in [-0.4, -0.2) is 15.9 Å². The van der Waals surface area contributed by atoms with E-state index in [1.165, 1.54) is 0 Å². The minimum Gasteiger partial charge on any atom is -0.346 e. The predicted octanol–water partition coefficient (Wildman–Crippen LogP) is 4.21. The number of aromatic nitrogens is 2. The van der Waals surface area contributed by atoms with Gasteiger partial charge in [-0.2, -0.15) is 5.26 Å². The molecule has 0 bridgehead atoms. The standard InChI is InChI=1S/C21H16N4OS/c22-13-18(14-4-2-1-3-5-14)25-21(26)17-8-11-27-19(17)12-15-6-9-23-20-16(15)7-10-24-20/h1-11,18H,12H2,(H,23,24)(H,25,26). The van der Waals surface area contributed by atoms with E-state index in [0.717, 1.165) is 27.0 Å². The molecule has 0 saturated heterocycles. The van der Waals surface area contributed by atoms with Crippen LogP contribution in [0.15, 0.2) is 66.3 Å². The Morgan fingerprint density at radius 1 is 1.22 bits per heavy atom. The number of benzene rings is 1. The van der Waals surface area contributed by atoms with Gasteiger partial charge in [-0.25, -0.2) is 4.98 Å². The van der Waals surface area contributed by atoms with Crippen LogP contribution in [0.1, 0.15) is 32.4 Å². The van der Waals surface area contributed by atoms with Crippen LogP contribution in [0.3, 0.4) is 0 Å². The van der Waals surface area contributed by atoms with Crippen molar-refractivity contribution >= 4 is 28.3 Å². The largest absolute Gasteiger partial charge is 0.346 e. The summed E-state index contributed by atoms with van der Waals surface area (Å²) in [6.07, 6.45) is 4.27. The monoisotopic (exact) mass is 372 g/mol. The number of carbonyl (C=O) groups excluding carboxylic acids is 1. The molecule has 1 unspecified atom stereocenters. The number of rotatable bonds is 5. The normalized spacial score (nSPS) is 11.8. The Balaban J connectivity index is 1.57. The van der Waals surface area contributed by atoms with Gasteiger partial charge in [0, 0.05) is 29.1 Å². The van der Waals surface area contributed by atoms with Gasteiger partial charge in [-0.1, -0.05) is 30.3 Å². The summed E-state index contributed by atoms with van der Waals surface area (Å²) in [6.45, 7) is 0. The Morgan fingerprint density at radius 2 is 2.07 bits per heavy atom. The number of pyridine rings is 1. The van der Waals surface area contributed by atoms with Gasteiger partial charge >= 0.3 is 0 Å². The van der Waals surface area contributed by atoms with Crippen molar-refractivity contribution in [2.24, 2.45) is 0 Å². The first-order valence-corrected chi connectivity index (χ1v) is 9.37. The fourth-order valence-electron chi connectivity index (χ4n) is 3.07. The lowest BCUT2D eigenvalue weighted by Gasteiger charge is -2.12. The maximum atomic E-state index is 12.8. The molecular formula is C21H16N4OS. The van der Waals surface area contributed by atoms with Crippen molar-refractivity contribution in [1.29, 1.82) is 5.26 Å². The summed E-state index contributed by atoms with van der Waals surface area (Å²) in [7, 11) is 0. The van der Waals surface area contributed by atoms with Crippen LogP contribution in [0, 0.1) is 11.3 Å². The number of thiophene rings is 1. The van der Waals surface area contributed by atoms with Crippen molar-refractivity contribution < 1.29 is 4.79 Å². The number of hydrogen-bond donors (Lipinski definition) is 2. The van der Waals surface area contributed by atoms with Crippen molar-refractivity contribution in [3.05, 3.63) is 87.9 Å². The summed E-state index contributed by atoms with van der Waals surface area (Å²) in [5.74, 6) is -0.235. The van der Waals surface area contributed by atoms with Gasteiger partial charge in [0.1, 0.15) is 11.7 Å². The lowest BCUT2D eigenvalue weighted by atomic mass is 10.0. The SMILES string of the molecule is N#CC(NC(=O)c1ccsc1Cc1ccnc2[nH]ccc12)c1ccccc1. The van der Waals surface area contributed by atoms with Gasteiger partial charge < -0.3 is 10.3 Å².